The van der Waals surface area contributed by atoms with Gasteiger partial charge >= 0.3 is 6.36 Å². The summed E-state index contributed by atoms with van der Waals surface area (Å²) in [6.07, 6.45) is -4.77. The highest BCUT2D eigenvalue weighted by molar-refractivity contribution is 5.89. The Kier molecular flexibility index (Phi) is 7.94. The first-order chi connectivity index (χ1) is 16.3. The third-order valence-corrected chi connectivity index (χ3v) is 5.64. The maximum Gasteiger partial charge on any atom is 0.573 e. The molecule has 1 aliphatic rings. The molecule has 1 heterocycles. The van der Waals surface area contributed by atoms with E-state index in [1.165, 1.54) is 24.3 Å². The van der Waals surface area contributed by atoms with Gasteiger partial charge in [-0.15, -0.1) is 13.2 Å². The van der Waals surface area contributed by atoms with E-state index in [2.05, 4.69) is 20.7 Å². The fourth-order valence-corrected chi connectivity index (χ4v) is 3.96. The molecule has 0 aliphatic carbocycles. The molecule has 35 heavy (non-hydrogen) atoms. The van der Waals surface area contributed by atoms with Gasteiger partial charge in [0.05, 0.1) is 31.8 Å². The van der Waals surface area contributed by atoms with Crippen molar-refractivity contribution in [2.75, 3.05) is 7.11 Å². The van der Waals surface area contributed by atoms with E-state index in [1.54, 1.807) is 7.11 Å². The van der Waals surface area contributed by atoms with Gasteiger partial charge in [0, 0.05) is 6.42 Å². The Morgan fingerprint density at radius 3 is 2.20 bits per heavy atom. The summed E-state index contributed by atoms with van der Waals surface area (Å²) < 4.78 is 46.5. The van der Waals surface area contributed by atoms with Crippen LogP contribution in [0.4, 0.5) is 13.2 Å². The van der Waals surface area contributed by atoms with Gasteiger partial charge in [0.1, 0.15) is 11.5 Å². The van der Waals surface area contributed by atoms with E-state index in [1.807, 2.05) is 45.0 Å². The molecule has 1 fully saturated rings. The van der Waals surface area contributed by atoms with Crippen LogP contribution in [0.1, 0.15) is 44.4 Å². The number of methoxy groups -OCH3 is 1. The highest BCUT2D eigenvalue weighted by Gasteiger charge is 2.35. The highest BCUT2D eigenvalue weighted by Crippen LogP contribution is 2.34. The molecule has 3 atom stereocenters. The Balaban J connectivity index is 1.70. The monoisotopic (exact) mass is 493 g/mol. The lowest BCUT2D eigenvalue weighted by molar-refractivity contribution is -0.274. The molecule has 1 saturated heterocycles. The smallest absolute Gasteiger partial charge is 0.497 e. The molecule has 2 aromatic carbocycles. The molecule has 10 heteroatoms. The van der Waals surface area contributed by atoms with Crippen molar-refractivity contribution in [3.63, 3.8) is 0 Å². The Morgan fingerprint density at radius 1 is 1.06 bits per heavy atom. The Morgan fingerprint density at radius 2 is 1.66 bits per heavy atom. The minimum Gasteiger partial charge on any atom is -0.497 e. The molecule has 2 aromatic rings. The van der Waals surface area contributed by atoms with Crippen LogP contribution >= 0.6 is 0 Å². The number of ether oxygens (including phenoxy) is 2. The van der Waals surface area contributed by atoms with Gasteiger partial charge in [-0.25, -0.2) is 0 Å². The molecule has 190 valence electrons. The van der Waals surface area contributed by atoms with Crippen molar-refractivity contribution in [3.05, 3.63) is 59.7 Å². The Hall–Kier alpha value is -3.27. The van der Waals surface area contributed by atoms with Crippen molar-refractivity contribution in [1.82, 2.24) is 16.0 Å². The van der Waals surface area contributed by atoms with Crippen LogP contribution in [-0.2, 0) is 16.0 Å². The zero-order chi connectivity index (χ0) is 25.8. The Labute approximate surface area is 202 Å². The quantitative estimate of drug-likeness (QED) is 0.546. The zero-order valence-electron chi connectivity index (χ0n) is 20.0. The summed E-state index contributed by atoms with van der Waals surface area (Å²) in [5.74, 6) is -0.233. The van der Waals surface area contributed by atoms with Gasteiger partial charge in [-0.05, 0) is 40.8 Å². The van der Waals surface area contributed by atoms with Crippen molar-refractivity contribution >= 4 is 11.8 Å². The molecule has 0 saturated carbocycles. The summed E-state index contributed by atoms with van der Waals surface area (Å²) in [5.41, 5.74) is 1.12. The van der Waals surface area contributed by atoms with E-state index >= 15 is 0 Å². The molecule has 2 unspecified atom stereocenters. The topological polar surface area (TPSA) is 88.7 Å². The minimum atomic E-state index is -4.78. The third kappa shape index (κ3) is 7.61. The molecular formula is C25H30F3N3O4. The second-order valence-corrected chi connectivity index (χ2v) is 9.52. The normalized spacial score (nSPS) is 19.5. The number of carbonyl (C=O) groups excluding carboxylic acids is 2. The second kappa shape index (κ2) is 10.6. The standard InChI is InChI=1S/C25H30F3N3O4/c1-24(2,3)22(16-7-11-18(12-8-16)35-25(26,27)28)31-23(33)19-14-21(32)30-20(29-19)13-15-5-9-17(34-4)10-6-15/h5-12,19-20,22,29H,13-14H2,1-4H3,(H,30,32)(H,31,33)/t19?,20?,22-/m0/s1. The minimum absolute atomic E-state index is 0.0276. The summed E-state index contributed by atoms with van der Waals surface area (Å²) in [4.78, 5) is 25.5. The van der Waals surface area contributed by atoms with Crippen molar-refractivity contribution in [2.45, 2.75) is 58.2 Å². The first kappa shape index (κ1) is 26.3. The first-order valence-electron chi connectivity index (χ1n) is 11.2. The molecule has 0 bridgehead atoms. The summed E-state index contributed by atoms with van der Waals surface area (Å²) in [6.45, 7) is 5.72. The average molecular weight is 494 g/mol. The van der Waals surface area contributed by atoms with Crippen molar-refractivity contribution in [1.29, 1.82) is 0 Å². The fraction of sp³-hybridized carbons (Fsp3) is 0.440. The molecule has 3 N–H and O–H groups in total. The summed E-state index contributed by atoms with van der Waals surface area (Å²) >= 11 is 0. The van der Waals surface area contributed by atoms with Gasteiger partial charge in [-0.2, -0.15) is 0 Å². The number of rotatable bonds is 7. The number of halogens is 3. The largest absolute Gasteiger partial charge is 0.573 e. The summed E-state index contributed by atoms with van der Waals surface area (Å²) in [6, 6.07) is 11.6. The van der Waals surface area contributed by atoms with Gasteiger partial charge in [0.25, 0.3) is 0 Å². The maximum absolute atomic E-state index is 13.2. The molecule has 7 nitrogen and oxygen atoms in total. The number of hydrogen-bond donors (Lipinski definition) is 3. The number of nitrogens with one attached hydrogen (secondary N) is 3. The van der Waals surface area contributed by atoms with Crippen molar-refractivity contribution in [3.8, 4) is 11.5 Å². The predicted molar refractivity (Wildman–Crippen MR) is 124 cm³/mol. The summed E-state index contributed by atoms with van der Waals surface area (Å²) in [7, 11) is 1.58. The lowest BCUT2D eigenvalue weighted by Gasteiger charge is -2.36. The van der Waals surface area contributed by atoms with Gasteiger partial charge in [0.15, 0.2) is 0 Å². The third-order valence-electron chi connectivity index (χ3n) is 5.64. The van der Waals surface area contributed by atoms with Crippen LogP contribution in [-0.4, -0.2) is 37.5 Å². The van der Waals surface area contributed by atoms with E-state index in [9.17, 15) is 22.8 Å². The van der Waals surface area contributed by atoms with E-state index in [0.717, 1.165) is 11.3 Å². The van der Waals surface area contributed by atoms with Gasteiger partial charge in [-0.3, -0.25) is 14.9 Å². The van der Waals surface area contributed by atoms with Gasteiger partial charge in [-0.1, -0.05) is 45.0 Å². The highest BCUT2D eigenvalue weighted by atomic mass is 19.4. The average Bonchev–Trinajstić information content (AvgIpc) is 2.76. The van der Waals surface area contributed by atoms with E-state index in [4.69, 9.17) is 4.74 Å². The zero-order valence-corrected chi connectivity index (χ0v) is 20.0. The van der Waals surface area contributed by atoms with Crippen LogP contribution in [0, 0.1) is 5.41 Å². The van der Waals surface area contributed by atoms with Crippen LogP contribution < -0.4 is 25.4 Å². The van der Waals surface area contributed by atoms with Crippen molar-refractivity contribution < 1.29 is 32.2 Å². The number of hydrogen-bond acceptors (Lipinski definition) is 5. The van der Waals surface area contributed by atoms with Crippen LogP contribution in [0.5, 0.6) is 11.5 Å². The number of benzene rings is 2. The second-order valence-electron chi connectivity index (χ2n) is 9.52. The van der Waals surface area contributed by atoms with E-state index < -0.39 is 30.0 Å². The number of amides is 2. The van der Waals surface area contributed by atoms with Gasteiger partial charge in [0.2, 0.25) is 11.8 Å². The van der Waals surface area contributed by atoms with Crippen LogP contribution in [0.15, 0.2) is 48.5 Å². The molecule has 0 aromatic heterocycles. The summed E-state index contributed by atoms with van der Waals surface area (Å²) in [5, 5.41) is 9.00. The number of carbonyl (C=O) groups is 2. The SMILES string of the molecule is COc1ccc(CC2NC(=O)CC(C(=O)N[C@@H](c3ccc(OC(F)(F)F)cc3)C(C)(C)C)N2)cc1. The van der Waals surface area contributed by atoms with Crippen LogP contribution in [0.25, 0.3) is 0 Å². The molecule has 0 radical (unpaired) electrons. The fourth-order valence-electron chi connectivity index (χ4n) is 3.96. The molecule has 3 rings (SSSR count). The molecular weight excluding hydrogens is 463 g/mol. The number of alkyl halides is 3. The molecule has 2 amide bonds. The van der Waals surface area contributed by atoms with E-state index in [0.29, 0.717) is 12.0 Å². The first-order valence-corrected chi connectivity index (χ1v) is 11.2. The van der Waals surface area contributed by atoms with Crippen molar-refractivity contribution in [2.24, 2.45) is 5.41 Å². The Bertz CT molecular complexity index is 1020. The molecule has 0 spiro atoms. The lowest BCUT2D eigenvalue weighted by atomic mass is 9.82. The van der Waals surface area contributed by atoms with Crippen LogP contribution in [0.3, 0.4) is 0 Å². The maximum atomic E-state index is 13.2. The van der Waals surface area contributed by atoms with E-state index in [-0.39, 0.29) is 24.0 Å². The lowest BCUT2D eigenvalue weighted by Crippen LogP contribution is -2.61. The molecule has 1 aliphatic heterocycles. The van der Waals surface area contributed by atoms with Gasteiger partial charge < -0.3 is 20.1 Å². The predicted octanol–water partition coefficient (Wildman–Crippen LogP) is 3.84. The van der Waals surface area contributed by atoms with Crippen LogP contribution in [0.2, 0.25) is 0 Å².